The summed E-state index contributed by atoms with van der Waals surface area (Å²) in [6.45, 7) is 4.13. The molecule has 0 unspecified atom stereocenters. The van der Waals surface area contributed by atoms with E-state index in [9.17, 15) is 19.2 Å². The summed E-state index contributed by atoms with van der Waals surface area (Å²) in [6, 6.07) is 13.4. The number of primary amides is 1. The van der Waals surface area contributed by atoms with Crippen molar-refractivity contribution in [3.05, 3.63) is 59.8 Å². The highest BCUT2D eigenvalue weighted by Crippen LogP contribution is 2.33. The number of fused-ring (bicyclic) bond motifs is 1. The van der Waals surface area contributed by atoms with Crippen LogP contribution < -0.4 is 25.8 Å². The molecule has 1 aliphatic rings. The van der Waals surface area contributed by atoms with Crippen LogP contribution in [-0.2, 0) is 14.4 Å². The van der Waals surface area contributed by atoms with Gasteiger partial charge in [0.25, 0.3) is 5.91 Å². The van der Waals surface area contributed by atoms with E-state index in [1.165, 1.54) is 7.11 Å². The number of nitriles is 1. The van der Waals surface area contributed by atoms with Gasteiger partial charge >= 0.3 is 0 Å². The first-order chi connectivity index (χ1) is 20.6. The normalized spacial score (nSPS) is 16.2. The zero-order valence-corrected chi connectivity index (χ0v) is 24.6. The number of carbonyl (C=O) groups excluding carboxylic acids is 4. The average molecular weight is 588 g/mol. The van der Waals surface area contributed by atoms with Crippen LogP contribution in [0.5, 0.6) is 11.5 Å². The van der Waals surface area contributed by atoms with Gasteiger partial charge in [0, 0.05) is 17.8 Å². The van der Waals surface area contributed by atoms with Crippen LogP contribution in [0.15, 0.2) is 48.5 Å². The van der Waals surface area contributed by atoms with Gasteiger partial charge in [-0.15, -0.1) is 0 Å². The van der Waals surface area contributed by atoms with Gasteiger partial charge in [-0.1, -0.05) is 19.9 Å². The molecule has 4 rings (SSSR count). The van der Waals surface area contributed by atoms with Crippen LogP contribution in [-0.4, -0.2) is 54.4 Å². The third kappa shape index (κ3) is 7.33. The number of hydrogen-bond acceptors (Lipinski definition) is 7. The molecule has 226 valence electrons. The zero-order valence-electron chi connectivity index (χ0n) is 24.6. The number of rotatable bonds is 13. The van der Waals surface area contributed by atoms with E-state index in [0.717, 1.165) is 6.42 Å². The Bertz CT molecular complexity index is 1540. The molecule has 11 nitrogen and oxygen atoms in total. The Kier molecular flexibility index (Phi) is 10.0. The minimum Gasteiger partial charge on any atom is -0.496 e. The van der Waals surface area contributed by atoms with E-state index in [4.69, 9.17) is 20.5 Å². The first-order valence-electron chi connectivity index (χ1n) is 14.3. The number of nitrogens with one attached hydrogen (secondary N) is 2. The van der Waals surface area contributed by atoms with Crippen molar-refractivity contribution in [1.29, 1.82) is 5.26 Å². The Morgan fingerprint density at radius 1 is 1.19 bits per heavy atom. The van der Waals surface area contributed by atoms with Gasteiger partial charge in [-0.05, 0) is 74.1 Å². The van der Waals surface area contributed by atoms with Gasteiger partial charge in [0.15, 0.2) is 5.78 Å². The summed E-state index contributed by atoms with van der Waals surface area (Å²) in [5.74, 6) is -1.26. The van der Waals surface area contributed by atoms with Gasteiger partial charge in [0.1, 0.15) is 29.8 Å². The highest BCUT2D eigenvalue weighted by molar-refractivity contribution is 6.01. The number of hydrogen-bond donors (Lipinski definition) is 3. The quantitative estimate of drug-likeness (QED) is 0.276. The average Bonchev–Trinajstić information content (AvgIpc) is 3.39. The fraction of sp³-hybridized carbons (Fsp3) is 0.406. The maximum atomic E-state index is 14.1. The third-order valence-electron chi connectivity index (χ3n) is 7.61. The molecular formula is C32H37N5O6. The fourth-order valence-electron chi connectivity index (χ4n) is 5.47. The highest BCUT2D eigenvalue weighted by Gasteiger charge is 2.34. The molecule has 3 aromatic rings. The molecule has 1 aliphatic heterocycles. The number of amides is 3. The number of benzene rings is 2. The molecule has 1 fully saturated rings. The van der Waals surface area contributed by atoms with Gasteiger partial charge in [-0.2, -0.15) is 5.26 Å². The second-order valence-electron chi connectivity index (χ2n) is 11.1. The molecule has 0 spiro atoms. The van der Waals surface area contributed by atoms with E-state index >= 15 is 0 Å². The highest BCUT2D eigenvalue weighted by atomic mass is 16.5. The Labute approximate surface area is 250 Å². The number of nitrogens with zero attached hydrogens (tertiary/aromatic N) is 2. The molecular weight excluding hydrogens is 550 g/mol. The van der Waals surface area contributed by atoms with Crippen LogP contribution >= 0.6 is 0 Å². The minimum absolute atomic E-state index is 0.0394. The lowest BCUT2D eigenvalue weighted by atomic mass is 9.90. The Hall–Kier alpha value is -4.85. The van der Waals surface area contributed by atoms with Crippen LogP contribution in [0.25, 0.3) is 10.9 Å². The van der Waals surface area contributed by atoms with Crippen LogP contribution in [0.3, 0.4) is 0 Å². The summed E-state index contributed by atoms with van der Waals surface area (Å²) in [6.07, 6.45) is 1.80. The van der Waals surface area contributed by atoms with Gasteiger partial charge in [-0.3, -0.25) is 19.2 Å². The molecule has 4 N–H and O–H groups in total. The van der Waals surface area contributed by atoms with E-state index in [1.807, 2.05) is 19.9 Å². The second-order valence-corrected chi connectivity index (χ2v) is 11.1. The summed E-state index contributed by atoms with van der Waals surface area (Å²) >= 11 is 0. The molecule has 43 heavy (non-hydrogen) atoms. The number of methoxy groups -OCH3 is 1. The molecule has 2 aromatic carbocycles. The Balaban J connectivity index is 1.66. The summed E-state index contributed by atoms with van der Waals surface area (Å²) < 4.78 is 12.8. The fourth-order valence-corrected chi connectivity index (χ4v) is 5.47. The summed E-state index contributed by atoms with van der Waals surface area (Å²) in [4.78, 5) is 52.8. The van der Waals surface area contributed by atoms with Gasteiger partial charge in [0.2, 0.25) is 11.8 Å². The van der Waals surface area contributed by atoms with Crippen LogP contribution in [0.2, 0.25) is 0 Å². The predicted octanol–water partition coefficient (Wildman–Crippen LogP) is 3.26. The van der Waals surface area contributed by atoms with Gasteiger partial charge < -0.3 is 30.4 Å². The third-order valence-corrected chi connectivity index (χ3v) is 7.61. The topological polar surface area (TPSA) is 166 Å². The van der Waals surface area contributed by atoms with E-state index in [1.54, 1.807) is 53.1 Å². The molecule has 0 bridgehead atoms. The first-order valence-corrected chi connectivity index (χ1v) is 14.3. The number of aromatic nitrogens is 1. The van der Waals surface area contributed by atoms with Crippen molar-refractivity contribution in [1.82, 2.24) is 15.2 Å². The molecule has 3 atom stereocenters. The lowest BCUT2D eigenvalue weighted by Crippen LogP contribution is -2.49. The van der Waals surface area contributed by atoms with Gasteiger partial charge in [-0.25, -0.2) is 0 Å². The number of piperidine rings is 1. The van der Waals surface area contributed by atoms with E-state index in [2.05, 4.69) is 10.6 Å². The second kappa shape index (κ2) is 13.9. The smallest absolute Gasteiger partial charge is 0.265 e. The maximum absolute atomic E-state index is 14.1. The number of ketones is 1. The zero-order chi connectivity index (χ0) is 31.1. The van der Waals surface area contributed by atoms with Crippen molar-refractivity contribution in [3.8, 4) is 17.6 Å². The Morgan fingerprint density at radius 2 is 1.93 bits per heavy atom. The van der Waals surface area contributed by atoms with Crippen molar-refractivity contribution < 1.29 is 28.7 Å². The van der Waals surface area contributed by atoms with E-state index in [-0.39, 0.29) is 30.5 Å². The largest absolute Gasteiger partial charge is 0.496 e. The minimum atomic E-state index is -1.03. The van der Waals surface area contributed by atoms with Crippen molar-refractivity contribution in [2.75, 3.05) is 20.3 Å². The van der Waals surface area contributed by atoms with Crippen molar-refractivity contribution in [2.45, 2.75) is 51.6 Å². The number of nitrogens with two attached hydrogens (primary N) is 1. The predicted molar refractivity (Wildman–Crippen MR) is 159 cm³/mol. The molecule has 1 aromatic heterocycles. The molecule has 1 saturated heterocycles. The van der Waals surface area contributed by atoms with Crippen LogP contribution in [0, 0.1) is 23.2 Å². The van der Waals surface area contributed by atoms with Crippen molar-refractivity contribution in [2.24, 2.45) is 17.6 Å². The first kappa shape index (κ1) is 31.1. The van der Waals surface area contributed by atoms with E-state index < -0.39 is 35.6 Å². The molecule has 0 aliphatic carbocycles. The summed E-state index contributed by atoms with van der Waals surface area (Å²) in [7, 11) is 1.52. The lowest BCUT2D eigenvalue weighted by Gasteiger charge is -2.29. The molecule has 3 amide bonds. The molecule has 0 saturated carbocycles. The number of Topliss-reactive ketones (excluding diaryl/α,β-unsaturated/α-hetero) is 1. The van der Waals surface area contributed by atoms with E-state index in [0.29, 0.717) is 47.4 Å². The van der Waals surface area contributed by atoms with Crippen molar-refractivity contribution >= 4 is 34.4 Å². The Morgan fingerprint density at radius 3 is 2.56 bits per heavy atom. The maximum Gasteiger partial charge on any atom is 0.265 e. The van der Waals surface area contributed by atoms with Crippen molar-refractivity contribution in [3.63, 3.8) is 0 Å². The summed E-state index contributed by atoms with van der Waals surface area (Å²) in [5, 5.41) is 15.4. The standard InChI is InChI=1S/C32H37N5O6/c1-19(2)14-27(37-25-7-4-8-29(42-3)23(25)16-26(37)30(34)39)32(41)36-24(15-21-6-5-13-35-31(21)40)28(38)18-43-22-11-9-20(17-33)10-12-22/h4,7-12,16,19,21,24,27H,5-6,13-15,18H2,1-3H3,(H2,34,39)(H,35,40)(H,36,41)/t21-,24-,27-/m0/s1. The molecule has 0 radical (unpaired) electrons. The van der Waals surface area contributed by atoms with Crippen LogP contribution in [0.4, 0.5) is 0 Å². The SMILES string of the molecule is COc1cccc2c1cc(C(N)=O)n2[C@@H](CC(C)C)C(=O)N[C@@H](C[C@@H]1CCCNC1=O)C(=O)COc1ccc(C#N)cc1. The molecule has 2 heterocycles. The number of carbonyl (C=O) groups is 4. The summed E-state index contributed by atoms with van der Waals surface area (Å²) in [5.41, 5.74) is 6.96. The van der Waals surface area contributed by atoms with Gasteiger partial charge in [0.05, 0.1) is 30.3 Å². The van der Waals surface area contributed by atoms with Crippen LogP contribution in [0.1, 0.15) is 61.6 Å². The monoisotopic (exact) mass is 587 g/mol. The number of ether oxygens (including phenoxy) is 2. The molecule has 11 heteroatoms. The lowest BCUT2D eigenvalue weighted by molar-refractivity contribution is -0.133.